The van der Waals surface area contributed by atoms with Gasteiger partial charge in [-0.2, -0.15) is 0 Å². The van der Waals surface area contributed by atoms with Crippen LogP contribution in [0, 0.1) is 33.5 Å². The van der Waals surface area contributed by atoms with Crippen LogP contribution in [-0.4, -0.2) is 17.0 Å². The third-order valence-electron chi connectivity index (χ3n) is 8.09. The number of aliphatic hydroxyl groups is 1. The third-order valence-corrected chi connectivity index (χ3v) is 8.09. The van der Waals surface area contributed by atoms with E-state index < -0.39 is 6.10 Å². The van der Waals surface area contributed by atoms with E-state index >= 15 is 0 Å². The molecule has 0 aromatic carbocycles. The standard InChI is InChI=1S/C20H30O2/c1-17(2)11-13(21)16(22)19(4)14(17)6-8-20-10-9-18(3,12-20)7-5-15(19)20/h9-10,13-15,21H,5-8,11-12H2,1-4H3. The molecule has 0 aliphatic heterocycles. The van der Waals surface area contributed by atoms with Crippen molar-refractivity contribution in [1.29, 1.82) is 0 Å². The van der Waals surface area contributed by atoms with E-state index in [-0.39, 0.29) is 22.0 Å². The summed E-state index contributed by atoms with van der Waals surface area (Å²) in [4.78, 5) is 13.1. The molecule has 0 aromatic heterocycles. The van der Waals surface area contributed by atoms with E-state index in [1.807, 2.05) is 0 Å². The molecule has 22 heavy (non-hydrogen) atoms. The Morgan fingerprint density at radius 1 is 1.05 bits per heavy atom. The molecule has 2 bridgehead atoms. The molecular formula is C20H30O2. The molecule has 0 heterocycles. The summed E-state index contributed by atoms with van der Waals surface area (Å²) in [6, 6.07) is 0. The molecule has 6 unspecified atom stereocenters. The van der Waals surface area contributed by atoms with Crippen LogP contribution in [0.15, 0.2) is 12.2 Å². The summed E-state index contributed by atoms with van der Waals surface area (Å²) in [6.07, 6.45) is 10.7. The Morgan fingerprint density at radius 3 is 2.45 bits per heavy atom. The van der Waals surface area contributed by atoms with Gasteiger partial charge in [0.1, 0.15) is 6.10 Å². The number of rotatable bonds is 0. The average Bonchev–Trinajstić information content (AvgIpc) is 2.66. The van der Waals surface area contributed by atoms with Crippen LogP contribution in [-0.2, 0) is 4.79 Å². The molecule has 0 aromatic rings. The number of carbonyl (C=O) groups excluding carboxylic acids is 1. The molecule has 2 heteroatoms. The van der Waals surface area contributed by atoms with Gasteiger partial charge < -0.3 is 5.11 Å². The van der Waals surface area contributed by atoms with Crippen LogP contribution in [0.1, 0.15) is 66.2 Å². The van der Waals surface area contributed by atoms with Gasteiger partial charge in [-0.1, -0.05) is 39.8 Å². The normalized spacial score (nSPS) is 55.7. The van der Waals surface area contributed by atoms with Gasteiger partial charge >= 0.3 is 0 Å². The van der Waals surface area contributed by atoms with E-state index in [4.69, 9.17) is 0 Å². The van der Waals surface area contributed by atoms with Gasteiger partial charge in [-0.15, -0.1) is 0 Å². The first-order valence-electron chi connectivity index (χ1n) is 9.06. The molecule has 4 aliphatic carbocycles. The fraction of sp³-hybridized carbons (Fsp3) is 0.850. The maximum atomic E-state index is 13.1. The molecule has 4 rings (SSSR count). The summed E-state index contributed by atoms with van der Waals surface area (Å²) < 4.78 is 0. The predicted molar refractivity (Wildman–Crippen MR) is 87.3 cm³/mol. The largest absolute Gasteiger partial charge is 0.385 e. The number of carbonyl (C=O) groups is 1. The summed E-state index contributed by atoms with van der Waals surface area (Å²) in [6.45, 7) is 9.11. The Labute approximate surface area is 134 Å². The molecule has 1 N–H and O–H groups in total. The van der Waals surface area contributed by atoms with Gasteiger partial charge in [0.05, 0.1) is 0 Å². The summed E-state index contributed by atoms with van der Waals surface area (Å²) in [5.74, 6) is 0.988. The van der Waals surface area contributed by atoms with Gasteiger partial charge in [-0.3, -0.25) is 4.79 Å². The van der Waals surface area contributed by atoms with E-state index in [0.29, 0.717) is 23.7 Å². The number of aliphatic hydroxyl groups excluding tert-OH is 1. The second-order valence-electron chi connectivity index (χ2n) is 9.94. The van der Waals surface area contributed by atoms with Gasteiger partial charge in [0.15, 0.2) is 5.78 Å². The zero-order valence-electron chi connectivity index (χ0n) is 14.5. The van der Waals surface area contributed by atoms with E-state index in [2.05, 4.69) is 39.8 Å². The zero-order valence-corrected chi connectivity index (χ0v) is 14.5. The van der Waals surface area contributed by atoms with E-state index in [9.17, 15) is 9.90 Å². The van der Waals surface area contributed by atoms with Crippen molar-refractivity contribution in [2.45, 2.75) is 72.3 Å². The van der Waals surface area contributed by atoms with Crippen molar-refractivity contribution in [3.05, 3.63) is 12.2 Å². The number of hydrogen-bond acceptors (Lipinski definition) is 2. The van der Waals surface area contributed by atoms with Crippen LogP contribution in [0.25, 0.3) is 0 Å². The zero-order chi connectivity index (χ0) is 16.0. The van der Waals surface area contributed by atoms with Gasteiger partial charge in [-0.05, 0) is 66.6 Å². The highest BCUT2D eigenvalue weighted by Crippen LogP contribution is 2.70. The van der Waals surface area contributed by atoms with Crippen LogP contribution in [0.3, 0.4) is 0 Å². The molecule has 3 saturated carbocycles. The molecule has 6 atom stereocenters. The Balaban J connectivity index is 1.82. The molecule has 0 saturated heterocycles. The maximum absolute atomic E-state index is 13.1. The van der Waals surface area contributed by atoms with Crippen molar-refractivity contribution in [3.8, 4) is 0 Å². The summed E-state index contributed by atoms with van der Waals surface area (Å²) in [5.41, 5.74) is 0.300. The Bertz CT molecular complexity index is 562. The first kappa shape index (κ1) is 14.9. The minimum absolute atomic E-state index is 0.0623. The highest BCUT2D eigenvalue weighted by atomic mass is 16.3. The SMILES string of the molecule is CC12C=CC3(CCC4C(C)(C)CC(O)C(=O)C4(C)C3CC1)C2. The summed E-state index contributed by atoms with van der Waals surface area (Å²) >= 11 is 0. The summed E-state index contributed by atoms with van der Waals surface area (Å²) in [5, 5.41) is 10.5. The monoisotopic (exact) mass is 302 g/mol. The van der Waals surface area contributed by atoms with Crippen LogP contribution in [0.5, 0.6) is 0 Å². The lowest BCUT2D eigenvalue weighted by Gasteiger charge is -2.63. The number of ketones is 1. The molecule has 0 amide bonds. The van der Waals surface area contributed by atoms with E-state index in [1.54, 1.807) is 0 Å². The number of hydrogen-bond donors (Lipinski definition) is 1. The first-order chi connectivity index (χ1) is 10.1. The van der Waals surface area contributed by atoms with Crippen LogP contribution < -0.4 is 0 Å². The van der Waals surface area contributed by atoms with Crippen molar-refractivity contribution in [2.75, 3.05) is 0 Å². The Hall–Kier alpha value is -0.630. The van der Waals surface area contributed by atoms with Crippen molar-refractivity contribution in [3.63, 3.8) is 0 Å². The molecule has 4 aliphatic rings. The molecule has 1 spiro atoms. The van der Waals surface area contributed by atoms with Crippen LogP contribution >= 0.6 is 0 Å². The molecule has 3 fully saturated rings. The van der Waals surface area contributed by atoms with E-state index in [0.717, 1.165) is 12.8 Å². The van der Waals surface area contributed by atoms with Gasteiger partial charge in [0.25, 0.3) is 0 Å². The minimum atomic E-state index is -0.759. The minimum Gasteiger partial charge on any atom is -0.385 e. The van der Waals surface area contributed by atoms with Crippen LogP contribution in [0.2, 0.25) is 0 Å². The average molecular weight is 302 g/mol. The van der Waals surface area contributed by atoms with Gasteiger partial charge in [0, 0.05) is 5.41 Å². The number of fused-ring (bicyclic) bond motifs is 3. The second-order valence-corrected chi connectivity index (χ2v) is 9.94. The predicted octanol–water partition coefficient (Wildman–Crippen LogP) is 4.13. The lowest BCUT2D eigenvalue weighted by molar-refractivity contribution is -0.183. The topological polar surface area (TPSA) is 37.3 Å². The quantitative estimate of drug-likeness (QED) is 0.683. The lowest BCUT2D eigenvalue weighted by atomic mass is 9.40. The maximum Gasteiger partial charge on any atom is 0.167 e. The van der Waals surface area contributed by atoms with Crippen molar-refractivity contribution in [2.24, 2.45) is 33.5 Å². The number of Topliss-reactive ketones (excluding diaryl/α,β-unsaturated/α-hetero) is 1. The van der Waals surface area contributed by atoms with E-state index in [1.165, 1.54) is 19.3 Å². The fourth-order valence-corrected chi connectivity index (χ4v) is 7.25. The smallest absolute Gasteiger partial charge is 0.167 e. The highest BCUT2D eigenvalue weighted by Gasteiger charge is 2.67. The lowest BCUT2D eigenvalue weighted by Crippen LogP contribution is -2.63. The number of allylic oxidation sites excluding steroid dienone is 2. The fourth-order valence-electron chi connectivity index (χ4n) is 7.25. The van der Waals surface area contributed by atoms with Gasteiger partial charge in [-0.25, -0.2) is 0 Å². The third kappa shape index (κ3) is 1.63. The Kier molecular flexibility index (Phi) is 2.76. The molecule has 122 valence electrons. The van der Waals surface area contributed by atoms with Crippen molar-refractivity contribution < 1.29 is 9.90 Å². The van der Waals surface area contributed by atoms with Crippen molar-refractivity contribution in [1.82, 2.24) is 0 Å². The summed E-state index contributed by atoms with van der Waals surface area (Å²) in [7, 11) is 0. The first-order valence-corrected chi connectivity index (χ1v) is 9.06. The van der Waals surface area contributed by atoms with Crippen molar-refractivity contribution >= 4 is 5.78 Å². The molecular weight excluding hydrogens is 272 g/mol. The van der Waals surface area contributed by atoms with Crippen LogP contribution in [0.4, 0.5) is 0 Å². The highest BCUT2D eigenvalue weighted by molar-refractivity contribution is 5.90. The van der Waals surface area contributed by atoms with Gasteiger partial charge in [0.2, 0.25) is 0 Å². The molecule has 0 radical (unpaired) electrons. The Morgan fingerprint density at radius 2 is 1.73 bits per heavy atom. The molecule has 2 nitrogen and oxygen atoms in total. The second kappa shape index (κ2) is 4.06.